The summed E-state index contributed by atoms with van der Waals surface area (Å²) < 4.78 is 10.7. The third-order valence-electron chi connectivity index (χ3n) is 4.70. The summed E-state index contributed by atoms with van der Waals surface area (Å²) in [6.45, 7) is 0.101. The average molecular weight is 457 g/mol. The van der Waals surface area contributed by atoms with Crippen molar-refractivity contribution in [3.05, 3.63) is 95.8 Å². The summed E-state index contributed by atoms with van der Waals surface area (Å²) >= 11 is 0. The molecule has 0 unspecified atom stereocenters. The van der Waals surface area contributed by atoms with Gasteiger partial charge >= 0.3 is 7.32 Å². The molecule has 0 aliphatic carbocycles. The first-order chi connectivity index (χ1) is 16.5. The van der Waals surface area contributed by atoms with E-state index in [1.54, 1.807) is 42.6 Å². The molecule has 1 aromatic heterocycles. The number of pyridine rings is 1. The lowest BCUT2D eigenvalue weighted by atomic mass is 10.1. The Morgan fingerprint density at radius 2 is 1.91 bits per heavy atom. The van der Waals surface area contributed by atoms with Crippen molar-refractivity contribution in [3.8, 4) is 11.8 Å². The number of hydrogen-bond acceptors (Lipinski definition) is 7. The van der Waals surface area contributed by atoms with E-state index in [2.05, 4.69) is 16.4 Å². The largest absolute Gasteiger partial charge is 0.635 e. The molecule has 172 valence electrons. The lowest BCUT2D eigenvalue weighted by molar-refractivity contribution is -0.124. The zero-order chi connectivity index (χ0) is 24.2. The molecule has 3 N–H and O–H groups in total. The number of hydrogen-bond donors (Lipinski definition) is 3. The number of aromatic nitrogens is 1. The van der Waals surface area contributed by atoms with Crippen molar-refractivity contribution < 1.29 is 24.2 Å². The molecule has 1 amide bonds. The Labute approximate surface area is 198 Å². The highest BCUT2D eigenvalue weighted by molar-refractivity contribution is 6.32. The molecule has 0 aliphatic heterocycles. The van der Waals surface area contributed by atoms with Gasteiger partial charge in [0.05, 0.1) is 24.3 Å². The second kappa shape index (κ2) is 12.9. The van der Waals surface area contributed by atoms with Gasteiger partial charge in [0.1, 0.15) is 18.0 Å². The van der Waals surface area contributed by atoms with Gasteiger partial charge in [-0.1, -0.05) is 48.5 Å². The zero-order valence-electron chi connectivity index (χ0n) is 18.4. The van der Waals surface area contributed by atoms with E-state index in [4.69, 9.17) is 19.4 Å². The van der Waals surface area contributed by atoms with Crippen LogP contribution in [0.1, 0.15) is 23.2 Å². The number of allylic oxidation sites excluding steroid dienone is 1. The second-order valence-electron chi connectivity index (χ2n) is 7.26. The number of benzene rings is 2. The number of rotatable bonds is 11. The van der Waals surface area contributed by atoms with Crippen molar-refractivity contribution in [2.45, 2.75) is 19.1 Å². The number of amides is 1. The molecule has 3 aromatic rings. The van der Waals surface area contributed by atoms with E-state index in [0.29, 0.717) is 17.0 Å². The van der Waals surface area contributed by atoms with E-state index < -0.39 is 13.5 Å². The highest BCUT2D eigenvalue weighted by Crippen LogP contribution is 2.19. The van der Waals surface area contributed by atoms with Gasteiger partial charge in [-0.3, -0.25) is 9.78 Å². The highest BCUT2D eigenvalue weighted by atomic mass is 16.6. The number of nitrogens with one attached hydrogen (secondary N) is 1. The Bertz CT molecular complexity index is 1130. The van der Waals surface area contributed by atoms with Crippen LogP contribution in [0.5, 0.6) is 5.75 Å². The molecule has 9 heteroatoms. The van der Waals surface area contributed by atoms with Crippen LogP contribution in [-0.2, 0) is 15.9 Å². The molecule has 1 atom stereocenters. The van der Waals surface area contributed by atoms with Gasteiger partial charge in [-0.05, 0) is 41.5 Å². The van der Waals surface area contributed by atoms with Gasteiger partial charge in [0.2, 0.25) is 5.91 Å². The summed E-state index contributed by atoms with van der Waals surface area (Å²) in [6.07, 6.45) is 2.75. The van der Waals surface area contributed by atoms with Crippen molar-refractivity contribution in [1.29, 1.82) is 5.26 Å². The molecule has 0 spiro atoms. The maximum Gasteiger partial charge on any atom is 0.635 e. The maximum absolute atomic E-state index is 12.3. The van der Waals surface area contributed by atoms with Gasteiger partial charge in [-0.25, -0.2) is 0 Å². The summed E-state index contributed by atoms with van der Waals surface area (Å²) in [6, 6.07) is 23.9. The Hall–Kier alpha value is -3.97. The van der Waals surface area contributed by atoms with Gasteiger partial charge in [0.15, 0.2) is 0 Å². The first-order valence-corrected chi connectivity index (χ1v) is 10.6. The van der Waals surface area contributed by atoms with Crippen LogP contribution in [-0.4, -0.2) is 41.1 Å². The molecular weight excluding hydrogens is 433 g/mol. The highest BCUT2D eigenvalue weighted by Gasteiger charge is 2.20. The van der Waals surface area contributed by atoms with E-state index in [1.165, 1.54) is 0 Å². The quantitative estimate of drug-likeness (QED) is 0.230. The van der Waals surface area contributed by atoms with Gasteiger partial charge in [-0.2, -0.15) is 5.26 Å². The molecule has 0 saturated carbocycles. The molecule has 0 aliphatic rings. The van der Waals surface area contributed by atoms with E-state index in [1.807, 2.05) is 42.5 Å². The molecule has 0 saturated heterocycles. The van der Waals surface area contributed by atoms with Crippen molar-refractivity contribution in [2.75, 3.05) is 6.61 Å². The van der Waals surface area contributed by atoms with Gasteiger partial charge < -0.3 is 24.8 Å². The smallest absolute Gasteiger partial charge is 0.493 e. The minimum atomic E-state index is -2.01. The van der Waals surface area contributed by atoms with E-state index in [-0.39, 0.29) is 25.4 Å². The number of carbonyl (C=O) groups is 1. The predicted molar refractivity (Wildman–Crippen MR) is 128 cm³/mol. The van der Waals surface area contributed by atoms with E-state index in [0.717, 1.165) is 11.1 Å². The standard InChI is InChI=1S/C25H24BN3O5/c27-18-21(23-11-4-5-13-28-23)15-20-9-6-10-22(16-20)33-14-12-24(30)29-25(34-26(31)32)17-19-7-2-1-3-8-19/h1-11,13,15-16,25,31-32H,12,14,17H2,(H,29,30)/t25-/m1/s1. The van der Waals surface area contributed by atoms with Crippen molar-refractivity contribution in [3.63, 3.8) is 0 Å². The molecule has 0 bridgehead atoms. The summed E-state index contributed by atoms with van der Waals surface area (Å²) in [7, 11) is -2.01. The van der Waals surface area contributed by atoms with Crippen LogP contribution in [0.2, 0.25) is 0 Å². The van der Waals surface area contributed by atoms with Crippen LogP contribution in [0.4, 0.5) is 0 Å². The Morgan fingerprint density at radius 1 is 1.12 bits per heavy atom. The summed E-state index contributed by atoms with van der Waals surface area (Å²) in [5.74, 6) is 0.183. The number of nitriles is 1. The van der Waals surface area contributed by atoms with Crippen molar-refractivity contribution in [2.24, 2.45) is 0 Å². The fourth-order valence-corrected chi connectivity index (χ4v) is 3.17. The SMILES string of the molecule is N#CC(=Cc1cccc(OCCC(=O)N[C@@H](Cc2ccccc2)OB(O)O)c1)c1ccccn1. The predicted octanol–water partition coefficient (Wildman–Crippen LogP) is 2.59. The monoisotopic (exact) mass is 457 g/mol. The van der Waals surface area contributed by atoms with Crippen LogP contribution in [0, 0.1) is 11.3 Å². The van der Waals surface area contributed by atoms with Gasteiger partial charge in [0.25, 0.3) is 0 Å². The summed E-state index contributed by atoms with van der Waals surface area (Å²) in [5, 5.41) is 30.4. The van der Waals surface area contributed by atoms with Crippen LogP contribution in [0.15, 0.2) is 79.0 Å². The molecule has 0 fully saturated rings. The van der Waals surface area contributed by atoms with E-state index in [9.17, 15) is 10.1 Å². The Kier molecular flexibility index (Phi) is 9.37. The molecule has 3 rings (SSSR count). The maximum atomic E-state index is 12.3. The molecule has 8 nitrogen and oxygen atoms in total. The first-order valence-electron chi connectivity index (χ1n) is 10.6. The Morgan fingerprint density at radius 3 is 2.62 bits per heavy atom. The molecular formula is C25H24BN3O5. The van der Waals surface area contributed by atoms with Crippen molar-refractivity contribution in [1.82, 2.24) is 10.3 Å². The third kappa shape index (κ3) is 8.18. The fraction of sp³-hybridized carbons (Fsp3) is 0.160. The summed E-state index contributed by atoms with van der Waals surface area (Å²) in [5.41, 5.74) is 2.63. The number of nitrogens with zero attached hydrogens (tertiary/aromatic N) is 2. The van der Waals surface area contributed by atoms with E-state index >= 15 is 0 Å². The normalized spacial score (nSPS) is 11.9. The van der Waals surface area contributed by atoms with Gasteiger partial charge in [-0.15, -0.1) is 0 Å². The second-order valence-corrected chi connectivity index (χ2v) is 7.26. The topological polar surface area (TPSA) is 125 Å². The molecule has 0 radical (unpaired) electrons. The number of ether oxygens (including phenoxy) is 1. The zero-order valence-corrected chi connectivity index (χ0v) is 18.4. The lowest BCUT2D eigenvalue weighted by Crippen LogP contribution is -2.42. The fourth-order valence-electron chi connectivity index (χ4n) is 3.17. The molecule has 34 heavy (non-hydrogen) atoms. The first kappa shape index (κ1) is 24.7. The van der Waals surface area contributed by atoms with Crippen LogP contribution in [0.3, 0.4) is 0 Å². The minimum absolute atomic E-state index is 0.0353. The number of carbonyl (C=O) groups excluding carboxylic acids is 1. The van der Waals surface area contributed by atoms with Gasteiger partial charge in [0, 0.05) is 12.6 Å². The van der Waals surface area contributed by atoms with Crippen LogP contribution >= 0.6 is 0 Å². The molecule has 2 aromatic carbocycles. The Balaban J connectivity index is 1.54. The van der Waals surface area contributed by atoms with Crippen molar-refractivity contribution >= 4 is 24.9 Å². The van der Waals surface area contributed by atoms with Crippen LogP contribution < -0.4 is 10.1 Å². The average Bonchev–Trinajstić information content (AvgIpc) is 2.83. The van der Waals surface area contributed by atoms with Crippen LogP contribution in [0.25, 0.3) is 11.6 Å². The third-order valence-corrected chi connectivity index (χ3v) is 4.70. The summed E-state index contributed by atoms with van der Waals surface area (Å²) in [4.78, 5) is 16.5. The lowest BCUT2D eigenvalue weighted by Gasteiger charge is -2.19. The molecule has 1 heterocycles. The minimum Gasteiger partial charge on any atom is -0.493 e.